The van der Waals surface area contributed by atoms with Crippen molar-refractivity contribution >= 4 is 29.1 Å². The molecule has 2 rings (SSSR count). The van der Waals surface area contributed by atoms with Crippen LogP contribution >= 0.6 is 0 Å². The number of halogens is 4. The molecule has 0 aliphatic carbocycles. The molecule has 3 N–H and O–H groups in total. The number of nitrogens with one attached hydrogen (secondary N) is 2. The number of rotatable bonds is 11. The zero-order chi connectivity index (χ0) is 26.2. The fourth-order valence-corrected chi connectivity index (χ4v) is 3.16. The molecule has 0 radical (unpaired) electrons. The van der Waals surface area contributed by atoms with Crippen LogP contribution in [0.3, 0.4) is 0 Å². The van der Waals surface area contributed by atoms with Gasteiger partial charge in [-0.1, -0.05) is 29.8 Å². The maximum Gasteiger partial charge on any atom is 0.389 e. The summed E-state index contributed by atoms with van der Waals surface area (Å²) in [6.07, 6.45) is -5.67. The Bertz CT molecular complexity index is 1060. The van der Waals surface area contributed by atoms with E-state index in [4.69, 9.17) is 9.84 Å². The number of ether oxygens (including phenoxy) is 1. The Morgan fingerprint density at radius 3 is 2.37 bits per heavy atom. The number of carbonyl (C=O) groups excluding carboxylic acids is 1. The van der Waals surface area contributed by atoms with Crippen molar-refractivity contribution in [3.63, 3.8) is 0 Å². The van der Waals surface area contributed by atoms with Gasteiger partial charge in [-0.3, -0.25) is 0 Å². The molecule has 0 fully saturated rings. The molecule has 190 valence electrons. The number of aliphatic carboxylic acids is 1. The van der Waals surface area contributed by atoms with Crippen LogP contribution in [0.1, 0.15) is 25.3 Å². The maximum atomic E-state index is 14.7. The van der Waals surface area contributed by atoms with Gasteiger partial charge in [0.05, 0.1) is 11.4 Å². The van der Waals surface area contributed by atoms with Crippen molar-refractivity contribution < 1.29 is 37.0 Å². The quantitative estimate of drug-likeness (QED) is 0.263. The second kappa shape index (κ2) is 12.1. The van der Waals surface area contributed by atoms with Gasteiger partial charge in [0, 0.05) is 37.3 Å². The van der Waals surface area contributed by atoms with Gasteiger partial charge < -0.3 is 25.4 Å². The van der Waals surface area contributed by atoms with E-state index in [1.54, 1.807) is 31.2 Å². The molecule has 0 atom stereocenters. The SMILES string of the molecule is C=C(C)CN(CCCC(F)(F)F)c1cc(F)c(OCC(=O)O)cc1NC(=O)Nc1ccc(C)cc1. The van der Waals surface area contributed by atoms with E-state index in [-0.39, 0.29) is 30.9 Å². The molecule has 0 aliphatic heterocycles. The van der Waals surface area contributed by atoms with E-state index in [2.05, 4.69) is 17.2 Å². The van der Waals surface area contributed by atoms with E-state index in [1.807, 2.05) is 6.92 Å². The van der Waals surface area contributed by atoms with Crippen molar-refractivity contribution in [1.29, 1.82) is 0 Å². The summed E-state index contributed by atoms with van der Waals surface area (Å²) in [5.74, 6) is -2.71. The van der Waals surface area contributed by atoms with E-state index < -0.39 is 42.8 Å². The molecule has 2 amide bonds. The lowest BCUT2D eigenvalue weighted by Gasteiger charge is -2.28. The Morgan fingerprint density at radius 1 is 1.14 bits per heavy atom. The number of hydrogen-bond donors (Lipinski definition) is 3. The van der Waals surface area contributed by atoms with Crippen LogP contribution in [0.2, 0.25) is 0 Å². The van der Waals surface area contributed by atoms with E-state index in [0.29, 0.717) is 11.3 Å². The summed E-state index contributed by atoms with van der Waals surface area (Å²) >= 11 is 0. The third-order valence-electron chi connectivity index (χ3n) is 4.65. The normalized spacial score (nSPS) is 11.0. The first kappa shape index (κ1) is 27.5. The van der Waals surface area contributed by atoms with Gasteiger partial charge in [-0.2, -0.15) is 13.2 Å². The van der Waals surface area contributed by atoms with Crippen LogP contribution in [0.4, 0.5) is 39.4 Å². The maximum absolute atomic E-state index is 14.7. The van der Waals surface area contributed by atoms with Gasteiger partial charge in [0.2, 0.25) is 0 Å². The van der Waals surface area contributed by atoms with Crippen molar-refractivity contribution in [2.75, 3.05) is 35.2 Å². The molecule has 11 heteroatoms. The zero-order valence-corrected chi connectivity index (χ0v) is 19.3. The third kappa shape index (κ3) is 9.55. The molecule has 0 unspecified atom stereocenters. The minimum atomic E-state index is -4.36. The third-order valence-corrected chi connectivity index (χ3v) is 4.65. The summed E-state index contributed by atoms with van der Waals surface area (Å²) in [6.45, 7) is 6.48. The summed E-state index contributed by atoms with van der Waals surface area (Å²) in [5, 5.41) is 14.0. The van der Waals surface area contributed by atoms with Crippen molar-refractivity contribution in [3.05, 3.63) is 59.9 Å². The number of benzene rings is 2. The van der Waals surface area contributed by atoms with Gasteiger partial charge in [0.1, 0.15) is 0 Å². The molecule has 0 aromatic heterocycles. The van der Waals surface area contributed by atoms with E-state index in [1.165, 1.54) is 4.90 Å². The topological polar surface area (TPSA) is 90.9 Å². The molecule has 2 aromatic carbocycles. The fraction of sp³-hybridized carbons (Fsp3) is 0.333. The number of aryl methyl sites for hydroxylation is 1. The number of alkyl halides is 3. The molecule has 0 heterocycles. The Balaban J connectivity index is 2.38. The van der Waals surface area contributed by atoms with Gasteiger partial charge >= 0.3 is 18.2 Å². The number of urea groups is 1. The summed E-state index contributed by atoms with van der Waals surface area (Å²) in [5.41, 5.74) is 2.16. The highest BCUT2D eigenvalue weighted by molar-refractivity contribution is 6.02. The highest BCUT2D eigenvalue weighted by atomic mass is 19.4. The number of carboxylic acids is 1. The Hall–Kier alpha value is -3.76. The van der Waals surface area contributed by atoms with Crippen LogP contribution in [-0.4, -0.2) is 43.0 Å². The highest BCUT2D eigenvalue weighted by Gasteiger charge is 2.27. The molecular weight excluding hydrogens is 470 g/mol. The Kier molecular flexibility index (Phi) is 9.50. The van der Waals surface area contributed by atoms with Gasteiger partial charge in [-0.25, -0.2) is 14.0 Å². The zero-order valence-electron chi connectivity index (χ0n) is 19.3. The minimum absolute atomic E-state index is 0.0182. The number of carboxylic acid groups (broad SMARTS) is 1. The van der Waals surface area contributed by atoms with Crippen molar-refractivity contribution in [1.82, 2.24) is 0 Å². The van der Waals surface area contributed by atoms with Crippen LogP contribution in [0.15, 0.2) is 48.6 Å². The molecule has 0 aliphatic rings. The van der Waals surface area contributed by atoms with Crippen LogP contribution < -0.4 is 20.3 Å². The molecule has 35 heavy (non-hydrogen) atoms. The van der Waals surface area contributed by atoms with Gasteiger partial charge in [-0.15, -0.1) is 0 Å². The van der Waals surface area contributed by atoms with E-state index in [0.717, 1.165) is 17.7 Å². The first-order chi connectivity index (χ1) is 16.3. The number of hydrogen-bond acceptors (Lipinski definition) is 4. The lowest BCUT2D eigenvalue weighted by atomic mass is 10.1. The average Bonchev–Trinajstić information content (AvgIpc) is 2.73. The lowest BCUT2D eigenvalue weighted by Crippen LogP contribution is -2.29. The highest BCUT2D eigenvalue weighted by Crippen LogP contribution is 2.34. The first-order valence-corrected chi connectivity index (χ1v) is 10.6. The Morgan fingerprint density at radius 2 is 1.80 bits per heavy atom. The second-order valence-electron chi connectivity index (χ2n) is 8.02. The average molecular weight is 497 g/mol. The second-order valence-corrected chi connectivity index (χ2v) is 8.02. The number of amides is 2. The van der Waals surface area contributed by atoms with Crippen LogP contribution in [0, 0.1) is 12.7 Å². The van der Waals surface area contributed by atoms with Crippen LogP contribution in [-0.2, 0) is 4.79 Å². The molecule has 7 nitrogen and oxygen atoms in total. The molecule has 0 bridgehead atoms. The van der Waals surface area contributed by atoms with Gasteiger partial charge in [0.15, 0.2) is 18.2 Å². The van der Waals surface area contributed by atoms with Gasteiger partial charge in [0.25, 0.3) is 0 Å². The smallest absolute Gasteiger partial charge is 0.389 e. The summed E-state index contributed by atoms with van der Waals surface area (Å²) < 4.78 is 57.8. The van der Waals surface area contributed by atoms with Crippen LogP contribution in [0.25, 0.3) is 0 Å². The molecule has 2 aromatic rings. The first-order valence-electron chi connectivity index (χ1n) is 10.6. The standard InChI is InChI=1S/C24H27F4N3O4/c1-15(2)13-31(10-4-9-24(26,27)28)20-11-18(25)21(35-14-22(32)33)12-19(20)30-23(34)29-17-7-5-16(3)6-8-17/h5-8,11-12H,1,4,9-10,13-14H2,2-3H3,(H,32,33)(H2,29,30,34). The molecule has 0 spiro atoms. The van der Waals surface area contributed by atoms with Crippen LogP contribution in [0.5, 0.6) is 5.75 Å². The predicted molar refractivity (Wildman–Crippen MR) is 126 cm³/mol. The van der Waals surface area contributed by atoms with E-state index in [9.17, 15) is 27.2 Å². The summed E-state index contributed by atoms with van der Waals surface area (Å²) in [6, 6.07) is 8.29. The summed E-state index contributed by atoms with van der Waals surface area (Å²) in [7, 11) is 0. The monoisotopic (exact) mass is 497 g/mol. The number of anilines is 3. The molecule has 0 saturated carbocycles. The minimum Gasteiger partial charge on any atom is -0.479 e. The largest absolute Gasteiger partial charge is 0.479 e. The van der Waals surface area contributed by atoms with E-state index >= 15 is 0 Å². The van der Waals surface area contributed by atoms with Crippen molar-refractivity contribution in [3.8, 4) is 5.75 Å². The predicted octanol–water partition coefficient (Wildman–Crippen LogP) is 5.97. The fourth-order valence-electron chi connectivity index (χ4n) is 3.16. The molecular formula is C24H27F4N3O4. The number of carbonyl (C=O) groups is 2. The lowest BCUT2D eigenvalue weighted by molar-refractivity contribution is -0.139. The van der Waals surface area contributed by atoms with Crippen molar-refractivity contribution in [2.45, 2.75) is 32.9 Å². The van der Waals surface area contributed by atoms with Gasteiger partial charge in [-0.05, 0) is 32.4 Å². The van der Waals surface area contributed by atoms with Crippen molar-refractivity contribution in [2.24, 2.45) is 0 Å². The Labute approximate surface area is 200 Å². The molecule has 0 saturated heterocycles. The number of nitrogens with zero attached hydrogens (tertiary/aromatic N) is 1. The summed E-state index contributed by atoms with van der Waals surface area (Å²) in [4.78, 5) is 24.9.